The molecule has 0 atom stereocenters. The van der Waals surface area contributed by atoms with Crippen molar-refractivity contribution < 1.29 is 9.53 Å². The second kappa shape index (κ2) is 4.35. The van der Waals surface area contributed by atoms with Gasteiger partial charge in [-0.15, -0.1) is 0 Å². The lowest BCUT2D eigenvalue weighted by molar-refractivity contribution is 0.0601. The number of hydrogen-bond donors (Lipinski definition) is 1. The van der Waals surface area contributed by atoms with E-state index in [2.05, 4.69) is 10.1 Å². The highest BCUT2D eigenvalue weighted by Gasteiger charge is 2.16. The Hall–Kier alpha value is -2.34. The fraction of sp³-hybridized carbons (Fsp3) is 0.154. The molecule has 0 bridgehead atoms. The Morgan fingerprint density at radius 2 is 2.15 bits per heavy atom. The molecule has 2 N–H and O–H groups in total. The quantitative estimate of drug-likeness (QED) is 0.694. The number of benzene rings is 1. The van der Waals surface area contributed by atoms with Gasteiger partial charge in [-0.25, -0.2) is 9.78 Å². The number of rotatable bonds is 1. The summed E-state index contributed by atoms with van der Waals surface area (Å²) in [5, 5.41) is 5.93. The van der Waals surface area contributed by atoms with Crippen molar-refractivity contribution in [3.8, 4) is 0 Å². The number of nitrogen functional groups attached to an aromatic ring is 1. The average molecular weight is 291 g/mol. The summed E-state index contributed by atoms with van der Waals surface area (Å²) in [7, 11) is 3.11. The van der Waals surface area contributed by atoms with Gasteiger partial charge < -0.3 is 10.5 Å². The van der Waals surface area contributed by atoms with Crippen LogP contribution in [-0.2, 0) is 11.8 Å². The summed E-state index contributed by atoms with van der Waals surface area (Å²) in [4.78, 5) is 16.0. The number of pyridine rings is 1. The molecular formula is C13H11ClN4O2. The minimum Gasteiger partial charge on any atom is -0.465 e. The van der Waals surface area contributed by atoms with Crippen molar-refractivity contribution in [2.75, 3.05) is 12.8 Å². The fourth-order valence-corrected chi connectivity index (χ4v) is 2.48. The number of halogens is 1. The first-order chi connectivity index (χ1) is 9.52. The Morgan fingerprint density at radius 3 is 2.85 bits per heavy atom. The third-order valence-corrected chi connectivity index (χ3v) is 3.51. The van der Waals surface area contributed by atoms with Crippen LogP contribution in [0.3, 0.4) is 0 Å². The van der Waals surface area contributed by atoms with Crippen molar-refractivity contribution in [2.45, 2.75) is 0 Å². The van der Waals surface area contributed by atoms with Gasteiger partial charge in [0.15, 0.2) is 0 Å². The summed E-state index contributed by atoms with van der Waals surface area (Å²) < 4.78 is 6.41. The molecule has 20 heavy (non-hydrogen) atoms. The SMILES string of the molecule is COC(=O)c1cc2c(cc1Cl)nc(N)c1cnn(C)c12. The van der Waals surface area contributed by atoms with Crippen molar-refractivity contribution in [3.05, 3.63) is 28.9 Å². The van der Waals surface area contributed by atoms with E-state index in [1.165, 1.54) is 7.11 Å². The van der Waals surface area contributed by atoms with Crippen molar-refractivity contribution in [3.63, 3.8) is 0 Å². The van der Waals surface area contributed by atoms with Crippen molar-refractivity contribution >= 4 is 45.2 Å². The number of ether oxygens (including phenoxy) is 1. The number of hydrogen-bond acceptors (Lipinski definition) is 5. The summed E-state index contributed by atoms with van der Waals surface area (Å²) in [5.41, 5.74) is 7.61. The van der Waals surface area contributed by atoms with Gasteiger partial charge in [0.2, 0.25) is 0 Å². The van der Waals surface area contributed by atoms with Crippen LogP contribution in [0.2, 0.25) is 5.02 Å². The van der Waals surface area contributed by atoms with Crippen molar-refractivity contribution in [2.24, 2.45) is 7.05 Å². The molecule has 6 nitrogen and oxygen atoms in total. The highest BCUT2D eigenvalue weighted by Crippen LogP contribution is 2.31. The van der Waals surface area contributed by atoms with Gasteiger partial charge in [0.25, 0.3) is 0 Å². The molecule has 1 aromatic carbocycles. The fourth-order valence-electron chi connectivity index (χ4n) is 2.25. The molecule has 0 unspecified atom stereocenters. The van der Waals surface area contributed by atoms with Gasteiger partial charge in [0.05, 0.1) is 40.3 Å². The standard InChI is InChI=1S/C13H11ClN4O2/c1-18-11-7-3-6(13(19)20-2)9(14)4-10(7)17-12(15)8(11)5-16-18/h3-5H,1-2H3,(H2,15,17). The normalized spacial score (nSPS) is 11.2. The number of anilines is 1. The van der Waals surface area contributed by atoms with Crippen LogP contribution >= 0.6 is 11.6 Å². The Balaban J connectivity index is 2.48. The first-order valence-electron chi connectivity index (χ1n) is 5.81. The van der Waals surface area contributed by atoms with Gasteiger partial charge in [-0.05, 0) is 12.1 Å². The summed E-state index contributed by atoms with van der Waals surface area (Å²) in [6.07, 6.45) is 1.64. The smallest absolute Gasteiger partial charge is 0.339 e. The maximum Gasteiger partial charge on any atom is 0.339 e. The van der Waals surface area contributed by atoms with Gasteiger partial charge in [-0.1, -0.05) is 11.6 Å². The molecule has 0 spiro atoms. The summed E-state index contributed by atoms with van der Waals surface area (Å²) >= 11 is 6.09. The topological polar surface area (TPSA) is 83.0 Å². The third kappa shape index (κ3) is 1.69. The number of carbonyl (C=O) groups is 1. The van der Waals surface area contributed by atoms with Crippen LogP contribution in [-0.4, -0.2) is 27.8 Å². The van der Waals surface area contributed by atoms with Crippen LogP contribution in [0, 0.1) is 0 Å². The van der Waals surface area contributed by atoms with Crippen LogP contribution in [0.4, 0.5) is 5.82 Å². The van der Waals surface area contributed by atoms with E-state index in [1.54, 1.807) is 30.1 Å². The zero-order valence-corrected chi connectivity index (χ0v) is 11.6. The summed E-state index contributed by atoms with van der Waals surface area (Å²) in [6, 6.07) is 3.26. The summed E-state index contributed by atoms with van der Waals surface area (Å²) in [6.45, 7) is 0. The lowest BCUT2D eigenvalue weighted by atomic mass is 10.1. The van der Waals surface area contributed by atoms with E-state index in [-0.39, 0.29) is 10.6 Å². The molecule has 0 aliphatic carbocycles. The van der Waals surface area contributed by atoms with Gasteiger partial charge in [-0.3, -0.25) is 4.68 Å². The van der Waals surface area contributed by atoms with E-state index < -0.39 is 5.97 Å². The first kappa shape index (κ1) is 12.7. The van der Waals surface area contributed by atoms with E-state index in [1.807, 2.05) is 0 Å². The minimum absolute atomic E-state index is 0.276. The maximum absolute atomic E-state index is 11.7. The number of methoxy groups -OCH3 is 1. The molecule has 3 rings (SSSR count). The van der Waals surface area contributed by atoms with Crippen molar-refractivity contribution in [1.82, 2.24) is 14.8 Å². The molecule has 0 amide bonds. The van der Waals surface area contributed by atoms with Crippen molar-refractivity contribution in [1.29, 1.82) is 0 Å². The van der Waals surface area contributed by atoms with Gasteiger partial charge >= 0.3 is 5.97 Å². The number of fused-ring (bicyclic) bond motifs is 3. The Labute approximate surface area is 119 Å². The lowest BCUT2D eigenvalue weighted by Gasteiger charge is -2.08. The first-order valence-corrected chi connectivity index (χ1v) is 6.19. The molecule has 2 aromatic heterocycles. The molecule has 0 fully saturated rings. The molecular weight excluding hydrogens is 280 g/mol. The molecule has 3 aromatic rings. The molecule has 0 radical (unpaired) electrons. The van der Waals surface area contributed by atoms with Crippen LogP contribution in [0.15, 0.2) is 18.3 Å². The second-order valence-electron chi connectivity index (χ2n) is 4.37. The Kier molecular flexibility index (Phi) is 2.76. The number of aromatic nitrogens is 3. The monoisotopic (exact) mass is 290 g/mol. The molecule has 0 aliphatic rings. The van der Waals surface area contributed by atoms with E-state index in [4.69, 9.17) is 22.1 Å². The number of aryl methyl sites for hydroxylation is 1. The van der Waals surface area contributed by atoms with E-state index in [9.17, 15) is 4.79 Å². The third-order valence-electron chi connectivity index (χ3n) is 3.20. The van der Waals surface area contributed by atoms with Crippen LogP contribution in [0.1, 0.15) is 10.4 Å². The van der Waals surface area contributed by atoms with Gasteiger partial charge in [0.1, 0.15) is 5.82 Å². The number of esters is 1. The van der Waals surface area contributed by atoms with Crippen LogP contribution in [0.5, 0.6) is 0 Å². The largest absolute Gasteiger partial charge is 0.465 e. The van der Waals surface area contributed by atoms with Crippen LogP contribution in [0.25, 0.3) is 21.8 Å². The predicted molar refractivity (Wildman–Crippen MR) is 76.8 cm³/mol. The summed E-state index contributed by atoms with van der Waals surface area (Å²) in [5.74, 6) is -0.119. The molecule has 0 saturated carbocycles. The van der Waals surface area contributed by atoms with Crippen LogP contribution < -0.4 is 5.73 Å². The highest BCUT2D eigenvalue weighted by molar-refractivity contribution is 6.34. The zero-order valence-electron chi connectivity index (χ0n) is 10.8. The number of nitrogens with two attached hydrogens (primary N) is 1. The molecule has 102 valence electrons. The van der Waals surface area contributed by atoms with Gasteiger partial charge in [-0.2, -0.15) is 5.10 Å². The minimum atomic E-state index is -0.496. The molecule has 0 saturated heterocycles. The highest BCUT2D eigenvalue weighted by atomic mass is 35.5. The zero-order chi connectivity index (χ0) is 14.4. The molecule has 0 aliphatic heterocycles. The van der Waals surface area contributed by atoms with E-state index in [0.717, 1.165) is 16.3 Å². The number of nitrogens with zero attached hydrogens (tertiary/aromatic N) is 3. The molecule has 2 heterocycles. The van der Waals surface area contributed by atoms with Gasteiger partial charge in [0, 0.05) is 12.4 Å². The average Bonchev–Trinajstić information content (AvgIpc) is 2.80. The second-order valence-corrected chi connectivity index (χ2v) is 4.78. The number of carbonyl (C=O) groups excluding carboxylic acids is 1. The predicted octanol–water partition coefficient (Wildman–Crippen LogP) is 2.14. The van der Waals surface area contributed by atoms with E-state index in [0.29, 0.717) is 11.3 Å². The Bertz CT molecular complexity index is 857. The Morgan fingerprint density at radius 1 is 1.40 bits per heavy atom. The molecule has 7 heteroatoms. The lowest BCUT2D eigenvalue weighted by Crippen LogP contribution is -2.03. The maximum atomic E-state index is 11.7. The van der Waals surface area contributed by atoms with E-state index >= 15 is 0 Å².